The molecule has 106 valence electrons. The fraction of sp³-hybridized carbons (Fsp3) is 0.625. The summed E-state index contributed by atoms with van der Waals surface area (Å²) >= 11 is 0. The number of hydrogen-bond acceptors (Lipinski definition) is 1. The first-order valence-electron chi connectivity index (χ1n) is 7.30. The molecule has 0 bridgehead atoms. The Kier molecular flexibility index (Phi) is 4.92. The second-order valence-electron chi connectivity index (χ2n) is 5.78. The van der Waals surface area contributed by atoms with Crippen molar-refractivity contribution in [2.75, 3.05) is 0 Å². The van der Waals surface area contributed by atoms with Crippen LogP contribution in [0.2, 0.25) is 0 Å². The molecule has 0 heterocycles. The minimum atomic E-state index is -0.778. The van der Waals surface area contributed by atoms with Gasteiger partial charge >= 0.3 is 0 Å². The SMILES string of the molecule is CCC1CCCC(C(N)Cc2cccc(F)c2F)C1. The zero-order valence-corrected chi connectivity index (χ0v) is 11.5. The second-order valence-corrected chi connectivity index (χ2v) is 5.78. The number of halogens is 2. The number of nitrogens with two attached hydrogens (primary N) is 1. The lowest BCUT2D eigenvalue weighted by Crippen LogP contribution is -2.35. The van der Waals surface area contributed by atoms with Crippen LogP contribution in [0, 0.1) is 23.5 Å². The maximum absolute atomic E-state index is 13.6. The van der Waals surface area contributed by atoms with Crippen LogP contribution in [0.3, 0.4) is 0 Å². The zero-order chi connectivity index (χ0) is 13.8. The molecule has 3 unspecified atom stereocenters. The van der Waals surface area contributed by atoms with E-state index in [4.69, 9.17) is 5.73 Å². The Morgan fingerprint density at radius 1 is 1.32 bits per heavy atom. The number of benzene rings is 1. The second kappa shape index (κ2) is 6.47. The van der Waals surface area contributed by atoms with Crippen LogP contribution >= 0.6 is 0 Å². The number of hydrogen-bond donors (Lipinski definition) is 1. The molecular formula is C16H23F2N. The Morgan fingerprint density at radius 3 is 2.84 bits per heavy atom. The molecule has 2 rings (SSSR count). The molecule has 1 aliphatic rings. The third-order valence-electron chi connectivity index (χ3n) is 4.49. The highest BCUT2D eigenvalue weighted by atomic mass is 19.2. The minimum Gasteiger partial charge on any atom is -0.327 e. The summed E-state index contributed by atoms with van der Waals surface area (Å²) in [6, 6.07) is 4.28. The minimum absolute atomic E-state index is 0.0642. The van der Waals surface area contributed by atoms with E-state index in [9.17, 15) is 8.78 Å². The van der Waals surface area contributed by atoms with Crippen LogP contribution < -0.4 is 5.73 Å². The van der Waals surface area contributed by atoms with Gasteiger partial charge in [-0.05, 0) is 42.7 Å². The average molecular weight is 267 g/mol. The van der Waals surface area contributed by atoms with Crippen LogP contribution in [-0.2, 0) is 6.42 Å². The van der Waals surface area contributed by atoms with Crippen molar-refractivity contribution in [1.82, 2.24) is 0 Å². The standard InChI is InChI=1S/C16H23F2N/c1-2-11-5-3-6-12(9-11)15(19)10-13-7-4-8-14(17)16(13)18/h4,7-8,11-12,15H,2-3,5-6,9-10,19H2,1H3. The van der Waals surface area contributed by atoms with Gasteiger partial charge in [0.05, 0.1) is 0 Å². The normalized spacial score (nSPS) is 25.3. The molecule has 1 nitrogen and oxygen atoms in total. The molecule has 3 atom stereocenters. The van der Waals surface area contributed by atoms with E-state index in [2.05, 4.69) is 6.92 Å². The Hall–Kier alpha value is -0.960. The van der Waals surface area contributed by atoms with Crippen LogP contribution in [-0.4, -0.2) is 6.04 Å². The lowest BCUT2D eigenvalue weighted by molar-refractivity contribution is 0.227. The van der Waals surface area contributed by atoms with Gasteiger partial charge in [0.15, 0.2) is 11.6 Å². The molecule has 0 aliphatic heterocycles. The third-order valence-corrected chi connectivity index (χ3v) is 4.49. The van der Waals surface area contributed by atoms with Crippen molar-refractivity contribution in [3.8, 4) is 0 Å². The Labute approximate surface area is 114 Å². The Bertz CT molecular complexity index is 419. The van der Waals surface area contributed by atoms with Gasteiger partial charge in [-0.25, -0.2) is 8.78 Å². The van der Waals surface area contributed by atoms with E-state index in [1.807, 2.05) is 0 Å². The van der Waals surface area contributed by atoms with Crippen LogP contribution in [0.5, 0.6) is 0 Å². The molecule has 0 saturated heterocycles. The lowest BCUT2D eigenvalue weighted by atomic mass is 9.76. The summed E-state index contributed by atoms with van der Waals surface area (Å²) in [5.41, 5.74) is 6.64. The van der Waals surface area contributed by atoms with Crippen molar-refractivity contribution < 1.29 is 8.78 Å². The summed E-state index contributed by atoms with van der Waals surface area (Å²) in [5.74, 6) is -0.316. The van der Waals surface area contributed by atoms with Gasteiger partial charge in [0, 0.05) is 6.04 Å². The van der Waals surface area contributed by atoms with Crippen LogP contribution in [0.1, 0.15) is 44.6 Å². The highest BCUT2D eigenvalue weighted by Gasteiger charge is 2.26. The topological polar surface area (TPSA) is 26.0 Å². The molecule has 1 fully saturated rings. The molecule has 1 saturated carbocycles. The van der Waals surface area contributed by atoms with Crippen LogP contribution in [0.15, 0.2) is 18.2 Å². The monoisotopic (exact) mass is 267 g/mol. The lowest BCUT2D eigenvalue weighted by Gasteiger charge is -2.32. The van der Waals surface area contributed by atoms with Crippen molar-refractivity contribution >= 4 is 0 Å². The van der Waals surface area contributed by atoms with Gasteiger partial charge in [-0.1, -0.05) is 38.3 Å². The first-order valence-corrected chi connectivity index (χ1v) is 7.30. The predicted octanol–water partition coefficient (Wildman–Crippen LogP) is 4.05. The summed E-state index contributed by atoms with van der Waals surface area (Å²) < 4.78 is 26.8. The van der Waals surface area contributed by atoms with E-state index in [1.165, 1.54) is 19.3 Å². The van der Waals surface area contributed by atoms with Crippen LogP contribution in [0.25, 0.3) is 0 Å². The highest BCUT2D eigenvalue weighted by Crippen LogP contribution is 2.33. The van der Waals surface area contributed by atoms with E-state index in [1.54, 1.807) is 12.1 Å². The maximum atomic E-state index is 13.6. The summed E-state index contributed by atoms with van der Waals surface area (Å²) in [7, 11) is 0. The van der Waals surface area contributed by atoms with E-state index in [0.717, 1.165) is 24.8 Å². The van der Waals surface area contributed by atoms with Gasteiger partial charge in [-0.3, -0.25) is 0 Å². The summed E-state index contributed by atoms with van der Waals surface area (Å²) in [5, 5.41) is 0. The van der Waals surface area contributed by atoms with Crippen LogP contribution in [0.4, 0.5) is 8.78 Å². The van der Waals surface area contributed by atoms with Crippen molar-refractivity contribution in [3.63, 3.8) is 0 Å². The van der Waals surface area contributed by atoms with E-state index in [-0.39, 0.29) is 6.04 Å². The molecular weight excluding hydrogens is 244 g/mol. The fourth-order valence-electron chi connectivity index (χ4n) is 3.22. The van der Waals surface area contributed by atoms with Gasteiger partial charge in [0.2, 0.25) is 0 Å². The maximum Gasteiger partial charge on any atom is 0.162 e. The van der Waals surface area contributed by atoms with Crippen molar-refractivity contribution in [3.05, 3.63) is 35.4 Å². The molecule has 1 aromatic rings. The van der Waals surface area contributed by atoms with Crippen molar-refractivity contribution in [1.29, 1.82) is 0 Å². The smallest absolute Gasteiger partial charge is 0.162 e. The first kappa shape index (κ1) is 14.4. The zero-order valence-electron chi connectivity index (χ0n) is 11.5. The highest BCUT2D eigenvalue weighted by molar-refractivity contribution is 5.20. The summed E-state index contributed by atoms with van der Waals surface area (Å²) in [6.07, 6.45) is 6.38. The molecule has 2 N–H and O–H groups in total. The Balaban J connectivity index is 2.00. The molecule has 0 amide bonds. The largest absolute Gasteiger partial charge is 0.327 e. The predicted molar refractivity (Wildman–Crippen MR) is 73.8 cm³/mol. The van der Waals surface area contributed by atoms with Crippen molar-refractivity contribution in [2.24, 2.45) is 17.6 Å². The molecule has 0 radical (unpaired) electrons. The molecule has 3 heteroatoms. The fourth-order valence-corrected chi connectivity index (χ4v) is 3.22. The van der Waals surface area contributed by atoms with Gasteiger partial charge in [-0.2, -0.15) is 0 Å². The average Bonchev–Trinajstić information content (AvgIpc) is 2.44. The Morgan fingerprint density at radius 2 is 2.11 bits per heavy atom. The summed E-state index contributed by atoms with van der Waals surface area (Å²) in [4.78, 5) is 0. The van der Waals surface area contributed by atoms with Gasteiger partial charge < -0.3 is 5.73 Å². The molecule has 19 heavy (non-hydrogen) atoms. The molecule has 0 aromatic heterocycles. The summed E-state index contributed by atoms with van der Waals surface area (Å²) in [6.45, 7) is 2.21. The molecule has 1 aromatic carbocycles. The molecule has 0 spiro atoms. The first-order chi connectivity index (χ1) is 9.11. The van der Waals surface area contributed by atoms with Gasteiger partial charge in [0.1, 0.15) is 0 Å². The van der Waals surface area contributed by atoms with E-state index >= 15 is 0 Å². The van der Waals surface area contributed by atoms with E-state index in [0.29, 0.717) is 17.9 Å². The van der Waals surface area contributed by atoms with Gasteiger partial charge in [0.25, 0.3) is 0 Å². The quantitative estimate of drug-likeness (QED) is 0.875. The molecule has 1 aliphatic carbocycles. The third kappa shape index (κ3) is 3.53. The van der Waals surface area contributed by atoms with Crippen molar-refractivity contribution in [2.45, 2.75) is 51.5 Å². The van der Waals surface area contributed by atoms with Gasteiger partial charge in [-0.15, -0.1) is 0 Å². The number of rotatable bonds is 4. The van der Waals surface area contributed by atoms with E-state index < -0.39 is 11.6 Å².